The monoisotopic (exact) mass is 365 g/mol. The molecule has 2 amide bonds. The number of carbonyl (C=O) groups is 2. The number of aryl methyl sites for hydroxylation is 2. The molecule has 2 aromatic carbocycles. The van der Waals surface area contributed by atoms with Crippen LogP contribution in [0.5, 0.6) is 0 Å². The Morgan fingerprint density at radius 1 is 1.04 bits per heavy atom. The van der Waals surface area contributed by atoms with Crippen LogP contribution >= 0.6 is 0 Å². The van der Waals surface area contributed by atoms with Gasteiger partial charge in [-0.1, -0.05) is 24.3 Å². The Kier molecular flexibility index (Phi) is 6.12. The molecule has 0 saturated carbocycles. The van der Waals surface area contributed by atoms with Crippen molar-refractivity contribution < 1.29 is 9.59 Å². The van der Waals surface area contributed by atoms with Crippen molar-refractivity contribution in [1.29, 1.82) is 0 Å². The van der Waals surface area contributed by atoms with Crippen molar-refractivity contribution in [1.82, 2.24) is 10.6 Å². The third-order valence-electron chi connectivity index (χ3n) is 5.17. The molecule has 1 aliphatic rings. The molecular weight excluding hydrogens is 338 g/mol. The van der Waals surface area contributed by atoms with Crippen LogP contribution in [0.15, 0.2) is 48.5 Å². The molecule has 1 aliphatic heterocycles. The van der Waals surface area contributed by atoms with Gasteiger partial charge in [-0.2, -0.15) is 0 Å². The first-order valence-corrected chi connectivity index (χ1v) is 9.45. The van der Waals surface area contributed by atoms with Gasteiger partial charge >= 0.3 is 0 Å². The summed E-state index contributed by atoms with van der Waals surface area (Å²) in [6, 6.07) is 15.9. The average molecular weight is 365 g/mol. The number of benzene rings is 2. The topological polar surface area (TPSA) is 61.4 Å². The van der Waals surface area contributed by atoms with Crippen molar-refractivity contribution in [2.45, 2.75) is 20.3 Å². The van der Waals surface area contributed by atoms with E-state index < -0.39 is 0 Å². The highest BCUT2D eigenvalue weighted by Gasteiger charge is 2.23. The van der Waals surface area contributed by atoms with Gasteiger partial charge < -0.3 is 15.5 Å². The summed E-state index contributed by atoms with van der Waals surface area (Å²) in [6.45, 7) is 6.57. The molecule has 2 aromatic rings. The Morgan fingerprint density at radius 2 is 1.81 bits per heavy atom. The summed E-state index contributed by atoms with van der Waals surface area (Å²) in [7, 11) is 0. The lowest BCUT2D eigenvalue weighted by molar-refractivity contribution is -0.120. The zero-order valence-electron chi connectivity index (χ0n) is 16.0. The summed E-state index contributed by atoms with van der Waals surface area (Å²) in [5.41, 5.74) is 4.02. The fourth-order valence-corrected chi connectivity index (χ4v) is 3.34. The second-order valence-corrected chi connectivity index (χ2v) is 7.22. The summed E-state index contributed by atoms with van der Waals surface area (Å²) in [5, 5.41) is 5.64. The number of rotatable bonds is 6. The summed E-state index contributed by atoms with van der Waals surface area (Å²) >= 11 is 0. The maximum atomic E-state index is 12.2. The molecule has 1 atom stereocenters. The first-order valence-electron chi connectivity index (χ1n) is 9.45. The predicted molar refractivity (Wildman–Crippen MR) is 108 cm³/mol. The number of amides is 2. The lowest BCUT2D eigenvalue weighted by atomic mass is 10.1. The van der Waals surface area contributed by atoms with Crippen molar-refractivity contribution in [3.05, 3.63) is 65.2 Å². The SMILES string of the molecule is Cc1ccc(C(=O)NCC(=O)NCC2CCN(c3ccccc3)C2)cc1C. The van der Waals surface area contributed by atoms with E-state index in [1.807, 2.05) is 44.2 Å². The molecule has 1 saturated heterocycles. The molecule has 1 heterocycles. The number of para-hydroxylation sites is 1. The van der Waals surface area contributed by atoms with Crippen molar-refractivity contribution >= 4 is 17.5 Å². The maximum absolute atomic E-state index is 12.2. The minimum absolute atomic E-state index is 0.000870. The number of hydrogen-bond acceptors (Lipinski definition) is 3. The Balaban J connectivity index is 1.40. The van der Waals surface area contributed by atoms with Crippen LogP contribution in [0.1, 0.15) is 27.9 Å². The highest BCUT2D eigenvalue weighted by molar-refractivity contribution is 5.96. The van der Waals surface area contributed by atoms with E-state index in [2.05, 4.69) is 27.7 Å². The molecule has 1 fully saturated rings. The van der Waals surface area contributed by atoms with E-state index in [1.165, 1.54) is 5.69 Å². The molecule has 5 heteroatoms. The van der Waals surface area contributed by atoms with Crippen molar-refractivity contribution in [3.8, 4) is 0 Å². The number of nitrogens with zero attached hydrogens (tertiary/aromatic N) is 1. The summed E-state index contributed by atoms with van der Waals surface area (Å²) in [5.74, 6) is 0.0688. The Morgan fingerprint density at radius 3 is 2.56 bits per heavy atom. The van der Waals surface area contributed by atoms with Crippen LogP contribution in [0, 0.1) is 19.8 Å². The molecule has 27 heavy (non-hydrogen) atoms. The fraction of sp³-hybridized carbons (Fsp3) is 0.364. The zero-order chi connectivity index (χ0) is 19.2. The summed E-state index contributed by atoms with van der Waals surface area (Å²) in [6.07, 6.45) is 1.06. The molecule has 142 valence electrons. The van der Waals surface area contributed by atoms with Gasteiger partial charge in [-0.3, -0.25) is 9.59 Å². The van der Waals surface area contributed by atoms with Gasteiger partial charge in [0.25, 0.3) is 5.91 Å². The van der Waals surface area contributed by atoms with Gasteiger partial charge in [0.05, 0.1) is 6.54 Å². The zero-order valence-corrected chi connectivity index (χ0v) is 16.0. The Bertz CT molecular complexity index is 804. The normalized spacial score (nSPS) is 16.2. The lowest BCUT2D eigenvalue weighted by Crippen LogP contribution is -2.39. The van der Waals surface area contributed by atoms with Crippen LogP contribution < -0.4 is 15.5 Å². The van der Waals surface area contributed by atoms with E-state index in [0.717, 1.165) is 30.6 Å². The van der Waals surface area contributed by atoms with Crippen LogP contribution in [0.2, 0.25) is 0 Å². The third-order valence-corrected chi connectivity index (χ3v) is 5.17. The van der Waals surface area contributed by atoms with Gasteiger partial charge in [0, 0.05) is 30.9 Å². The van der Waals surface area contributed by atoms with Gasteiger partial charge in [-0.25, -0.2) is 0 Å². The molecule has 1 unspecified atom stereocenters. The van der Waals surface area contributed by atoms with Crippen LogP contribution in [-0.4, -0.2) is 38.0 Å². The van der Waals surface area contributed by atoms with Crippen LogP contribution in [-0.2, 0) is 4.79 Å². The Hall–Kier alpha value is -2.82. The molecule has 2 N–H and O–H groups in total. The molecule has 0 spiro atoms. The highest BCUT2D eigenvalue weighted by Crippen LogP contribution is 2.22. The predicted octanol–water partition coefficient (Wildman–Crippen LogP) is 2.68. The standard InChI is InChI=1S/C22H27N3O2/c1-16-8-9-19(12-17(16)2)22(27)24-14-21(26)23-13-18-10-11-25(15-18)20-6-4-3-5-7-20/h3-9,12,18H,10-11,13-15H2,1-2H3,(H,23,26)(H,24,27). The van der Waals surface area contributed by atoms with E-state index in [9.17, 15) is 9.59 Å². The first-order chi connectivity index (χ1) is 13.0. The van der Waals surface area contributed by atoms with Crippen LogP contribution in [0.25, 0.3) is 0 Å². The Labute approximate surface area is 160 Å². The molecule has 0 radical (unpaired) electrons. The lowest BCUT2D eigenvalue weighted by Gasteiger charge is -2.18. The van der Waals surface area contributed by atoms with E-state index in [-0.39, 0.29) is 18.4 Å². The minimum atomic E-state index is -0.218. The molecule has 5 nitrogen and oxygen atoms in total. The maximum Gasteiger partial charge on any atom is 0.251 e. The second-order valence-electron chi connectivity index (χ2n) is 7.22. The number of anilines is 1. The first kappa shape index (κ1) is 19.0. The largest absolute Gasteiger partial charge is 0.371 e. The molecule has 0 aliphatic carbocycles. The van der Waals surface area contributed by atoms with Gasteiger partial charge in [0.2, 0.25) is 5.91 Å². The van der Waals surface area contributed by atoms with Gasteiger partial charge in [-0.05, 0) is 61.6 Å². The summed E-state index contributed by atoms with van der Waals surface area (Å²) < 4.78 is 0. The van der Waals surface area contributed by atoms with E-state index in [1.54, 1.807) is 6.07 Å². The molecule has 0 aromatic heterocycles. The number of hydrogen-bond donors (Lipinski definition) is 2. The third kappa shape index (κ3) is 5.09. The highest BCUT2D eigenvalue weighted by atomic mass is 16.2. The van der Waals surface area contributed by atoms with Crippen molar-refractivity contribution in [2.24, 2.45) is 5.92 Å². The average Bonchev–Trinajstić information content (AvgIpc) is 3.16. The quantitative estimate of drug-likeness (QED) is 0.827. The second kappa shape index (κ2) is 8.71. The molecule has 0 bridgehead atoms. The van der Waals surface area contributed by atoms with Crippen LogP contribution in [0.3, 0.4) is 0 Å². The minimum Gasteiger partial charge on any atom is -0.371 e. The van der Waals surface area contributed by atoms with Gasteiger partial charge in [-0.15, -0.1) is 0 Å². The summed E-state index contributed by atoms with van der Waals surface area (Å²) in [4.78, 5) is 26.6. The van der Waals surface area contributed by atoms with Crippen molar-refractivity contribution in [3.63, 3.8) is 0 Å². The van der Waals surface area contributed by atoms with E-state index in [4.69, 9.17) is 0 Å². The van der Waals surface area contributed by atoms with Gasteiger partial charge in [0.15, 0.2) is 0 Å². The van der Waals surface area contributed by atoms with E-state index in [0.29, 0.717) is 18.0 Å². The van der Waals surface area contributed by atoms with Gasteiger partial charge in [0.1, 0.15) is 0 Å². The molecule has 3 rings (SSSR count). The van der Waals surface area contributed by atoms with E-state index >= 15 is 0 Å². The van der Waals surface area contributed by atoms with Crippen molar-refractivity contribution in [2.75, 3.05) is 31.1 Å². The smallest absolute Gasteiger partial charge is 0.251 e. The van der Waals surface area contributed by atoms with Crippen LogP contribution in [0.4, 0.5) is 5.69 Å². The number of carbonyl (C=O) groups excluding carboxylic acids is 2. The fourth-order valence-electron chi connectivity index (χ4n) is 3.34. The number of nitrogens with one attached hydrogen (secondary N) is 2. The molecular formula is C22H27N3O2.